The van der Waals surface area contributed by atoms with E-state index in [4.69, 9.17) is 4.74 Å². The van der Waals surface area contributed by atoms with E-state index in [0.29, 0.717) is 24.2 Å². The van der Waals surface area contributed by atoms with E-state index in [9.17, 15) is 18.7 Å². The first kappa shape index (κ1) is 22.9. The molecule has 1 N–H and O–H groups in total. The van der Waals surface area contributed by atoms with Gasteiger partial charge in [0.05, 0.1) is 0 Å². The Morgan fingerprint density at radius 1 is 1.20 bits per heavy atom. The SMILES string of the molecule is CC(=O)O[C@H]1CC[C@@]2(C)C(=CC[C@H]3[C@@H]4CC[C@H](C(C)(O)C(F)(F)I)[C@@]4(C)CC[C@@H]32)C1. The van der Waals surface area contributed by atoms with Crippen LogP contribution < -0.4 is 0 Å². The number of fused-ring (bicyclic) bond motifs is 5. The normalized spacial score (nSPS) is 45.5. The molecular formula is C24H35F2IO3. The highest BCUT2D eigenvalue weighted by atomic mass is 127. The standard InChI is InChI=1S/C24H35F2IO3/c1-14(28)30-16-9-11-21(2)15(13-16)5-6-17-18-7-8-20(23(4,29)24(25,26)27)22(18,3)12-10-19(17)21/h5,16-20,29H,6-13H2,1-4H3/t16-,17-,18-,19-,20-,21-,22-,23?/m0/s1. The zero-order chi connectivity index (χ0) is 22.1. The molecule has 4 rings (SSSR count). The largest absolute Gasteiger partial charge is 0.462 e. The lowest BCUT2D eigenvalue weighted by Gasteiger charge is -2.59. The van der Waals surface area contributed by atoms with Crippen LogP contribution in [0, 0.1) is 34.5 Å². The molecular weight excluding hydrogens is 501 g/mol. The molecule has 0 aliphatic heterocycles. The lowest BCUT2D eigenvalue weighted by molar-refractivity contribution is -0.170. The van der Waals surface area contributed by atoms with Gasteiger partial charge in [0.25, 0.3) is 0 Å². The van der Waals surface area contributed by atoms with Crippen molar-refractivity contribution in [2.75, 3.05) is 0 Å². The summed E-state index contributed by atoms with van der Waals surface area (Å²) in [6.45, 7) is 7.37. The average molecular weight is 536 g/mol. The second-order valence-electron chi connectivity index (χ2n) is 11.1. The van der Waals surface area contributed by atoms with E-state index in [1.54, 1.807) is 0 Å². The smallest absolute Gasteiger partial charge is 0.324 e. The van der Waals surface area contributed by atoms with Gasteiger partial charge in [-0.15, -0.1) is 0 Å². The van der Waals surface area contributed by atoms with Crippen molar-refractivity contribution in [1.82, 2.24) is 0 Å². The van der Waals surface area contributed by atoms with Crippen LogP contribution in [0.3, 0.4) is 0 Å². The highest BCUT2D eigenvalue weighted by molar-refractivity contribution is 14.1. The molecule has 170 valence electrons. The maximum absolute atomic E-state index is 14.3. The van der Waals surface area contributed by atoms with Crippen molar-refractivity contribution in [3.05, 3.63) is 11.6 Å². The molecule has 0 aromatic heterocycles. The van der Waals surface area contributed by atoms with Gasteiger partial charge in [-0.1, -0.05) is 25.5 Å². The summed E-state index contributed by atoms with van der Waals surface area (Å²) in [7, 11) is 0. The van der Waals surface area contributed by atoms with E-state index in [-0.39, 0.29) is 28.8 Å². The fraction of sp³-hybridized carbons (Fsp3) is 0.875. The van der Waals surface area contributed by atoms with Gasteiger partial charge in [0.15, 0.2) is 0 Å². The molecule has 0 spiro atoms. The molecule has 30 heavy (non-hydrogen) atoms. The summed E-state index contributed by atoms with van der Waals surface area (Å²) < 4.78 is 31.0. The second kappa shape index (κ2) is 7.39. The van der Waals surface area contributed by atoms with Crippen molar-refractivity contribution in [2.45, 2.75) is 94.7 Å². The molecule has 3 nitrogen and oxygen atoms in total. The Balaban J connectivity index is 1.59. The third-order valence-electron chi connectivity index (χ3n) is 9.64. The maximum Gasteiger partial charge on any atom is 0.324 e. The number of carbonyl (C=O) groups is 1. The molecule has 4 aliphatic rings. The number of alkyl halides is 3. The minimum atomic E-state index is -3.13. The number of carbonyl (C=O) groups excluding carboxylic acids is 1. The molecule has 8 atom stereocenters. The summed E-state index contributed by atoms with van der Waals surface area (Å²) in [5, 5.41) is 10.9. The van der Waals surface area contributed by atoms with E-state index in [1.807, 2.05) is 0 Å². The Morgan fingerprint density at radius 2 is 1.90 bits per heavy atom. The second-order valence-corrected chi connectivity index (χ2v) is 12.4. The molecule has 3 fully saturated rings. The van der Waals surface area contributed by atoms with Crippen LogP contribution in [-0.4, -0.2) is 26.7 Å². The van der Waals surface area contributed by atoms with Crippen LogP contribution in [0.2, 0.25) is 0 Å². The van der Waals surface area contributed by atoms with Crippen LogP contribution in [0.15, 0.2) is 11.6 Å². The van der Waals surface area contributed by atoms with E-state index >= 15 is 0 Å². The van der Waals surface area contributed by atoms with E-state index in [0.717, 1.165) is 67.5 Å². The number of hydrogen-bond donors (Lipinski definition) is 1. The van der Waals surface area contributed by atoms with Gasteiger partial charge in [-0.25, -0.2) is 0 Å². The van der Waals surface area contributed by atoms with Crippen molar-refractivity contribution in [3.63, 3.8) is 0 Å². The molecule has 0 radical (unpaired) electrons. The van der Waals surface area contributed by atoms with Gasteiger partial charge in [-0.05, 0) is 86.4 Å². The summed E-state index contributed by atoms with van der Waals surface area (Å²) in [6.07, 6.45) is 9.65. The average Bonchev–Trinajstić information content (AvgIpc) is 2.98. The molecule has 4 aliphatic carbocycles. The Hall–Kier alpha value is -0.240. The molecule has 0 saturated heterocycles. The fourth-order valence-electron chi connectivity index (χ4n) is 8.08. The molecule has 0 aromatic rings. The van der Waals surface area contributed by atoms with Gasteiger partial charge in [0.2, 0.25) is 0 Å². The summed E-state index contributed by atoms with van der Waals surface area (Å²) in [4.78, 5) is 11.4. The van der Waals surface area contributed by atoms with Gasteiger partial charge in [0.1, 0.15) is 11.7 Å². The lowest BCUT2D eigenvalue weighted by Crippen LogP contribution is -2.56. The lowest BCUT2D eigenvalue weighted by atomic mass is 9.47. The molecule has 1 unspecified atom stereocenters. The number of halogens is 3. The number of allylic oxidation sites excluding steroid dienone is 1. The van der Waals surface area contributed by atoms with Gasteiger partial charge in [-0.2, -0.15) is 8.78 Å². The Kier molecular flexibility index (Phi) is 5.65. The minimum absolute atomic E-state index is 0.0101. The molecule has 0 amide bonds. The number of ether oxygens (including phenoxy) is 1. The van der Waals surface area contributed by atoms with E-state index < -0.39 is 9.53 Å². The van der Waals surface area contributed by atoms with Crippen LogP contribution in [0.25, 0.3) is 0 Å². The summed E-state index contributed by atoms with van der Waals surface area (Å²) >= 11 is 1.12. The molecule has 0 aromatic carbocycles. The van der Waals surface area contributed by atoms with Crippen LogP contribution in [0.1, 0.15) is 79.1 Å². The Morgan fingerprint density at radius 3 is 2.53 bits per heavy atom. The Labute approximate surface area is 192 Å². The number of esters is 1. The van der Waals surface area contributed by atoms with Crippen molar-refractivity contribution in [1.29, 1.82) is 0 Å². The molecule has 0 heterocycles. The summed E-state index contributed by atoms with van der Waals surface area (Å²) in [5.41, 5.74) is -0.666. The molecule has 3 saturated carbocycles. The predicted molar refractivity (Wildman–Crippen MR) is 120 cm³/mol. The maximum atomic E-state index is 14.3. The third kappa shape index (κ3) is 3.37. The van der Waals surface area contributed by atoms with Gasteiger partial charge >= 0.3 is 9.90 Å². The fourth-order valence-corrected chi connectivity index (χ4v) is 8.46. The highest BCUT2D eigenvalue weighted by Crippen LogP contribution is 2.68. The van der Waals surface area contributed by atoms with Crippen molar-refractivity contribution >= 4 is 28.6 Å². The van der Waals surface area contributed by atoms with E-state index in [1.165, 1.54) is 19.4 Å². The predicted octanol–water partition coefficient (Wildman–Crippen LogP) is 6.28. The highest BCUT2D eigenvalue weighted by Gasteiger charge is 2.65. The summed E-state index contributed by atoms with van der Waals surface area (Å²) in [6, 6.07) is 0. The van der Waals surface area contributed by atoms with Crippen LogP contribution in [0.4, 0.5) is 8.78 Å². The Bertz CT molecular complexity index is 745. The van der Waals surface area contributed by atoms with Gasteiger partial charge in [0, 0.05) is 35.9 Å². The van der Waals surface area contributed by atoms with Crippen molar-refractivity contribution in [2.24, 2.45) is 34.5 Å². The van der Waals surface area contributed by atoms with E-state index in [2.05, 4.69) is 19.9 Å². The number of aliphatic hydroxyl groups is 1. The van der Waals surface area contributed by atoms with Crippen LogP contribution in [0.5, 0.6) is 0 Å². The minimum Gasteiger partial charge on any atom is -0.462 e. The topological polar surface area (TPSA) is 46.5 Å². The summed E-state index contributed by atoms with van der Waals surface area (Å²) in [5.74, 6) is 0.847. The van der Waals surface area contributed by atoms with Gasteiger partial charge in [-0.3, -0.25) is 4.79 Å². The number of rotatable bonds is 3. The first-order valence-corrected chi connectivity index (χ1v) is 12.5. The van der Waals surface area contributed by atoms with Crippen molar-refractivity contribution < 1.29 is 23.4 Å². The monoisotopic (exact) mass is 536 g/mol. The van der Waals surface area contributed by atoms with Gasteiger partial charge < -0.3 is 9.84 Å². The number of hydrogen-bond acceptors (Lipinski definition) is 3. The first-order chi connectivity index (χ1) is 13.8. The van der Waals surface area contributed by atoms with Crippen molar-refractivity contribution in [3.8, 4) is 0 Å². The first-order valence-electron chi connectivity index (χ1n) is 11.5. The quantitative estimate of drug-likeness (QED) is 0.200. The third-order valence-corrected chi connectivity index (χ3v) is 10.7. The zero-order valence-electron chi connectivity index (χ0n) is 18.5. The van der Waals surface area contributed by atoms with Crippen LogP contribution in [-0.2, 0) is 9.53 Å². The zero-order valence-corrected chi connectivity index (χ0v) is 20.7. The van der Waals surface area contributed by atoms with Crippen LogP contribution >= 0.6 is 22.6 Å². The molecule has 6 heteroatoms. The molecule has 0 bridgehead atoms.